The summed E-state index contributed by atoms with van der Waals surface area (Å²) in [5.74, 6) is -0.0859. The van der Waals surface area contributed by atoms with Gasteiger partial charge in [0.2, 0.25) is 0 Å². The summed E-state index contributed by atoms with van der Waals surface area (Å²) >= 11 is 3.28. The lowest BCUT2D eigenvalue weighted by Crippen LogP contribution is -2.31. The molecule has 0 radical (unpaired) electrons. The van der Waals surface area contributed by atoms with Crippen molar-refractivity contribution in [1.29, 1.82) is 0 Å². The molecule has 2 heterocycles. The number of aromatic nitrogens is 2. The zero-order valence-corrected chi connectivity index (χ0v) is 22.4. The number of hydrogen-bond donors (Lipinski definition) is 1. The second kappa shape index (κ2) is 11.0. The molecule has 5 aromatic rings. The van der Waals surface area contributed by atoms with E-state index in [1.165, 1.54) is 43.5 Å². The van der Waals surface area contributed by atoms with Gasteiger partial charge in [-0.15, -0.1) is 0 Å². The number of benzene rings is 3. The molecule has 3 aromatic carbocycles. The van der Waals surface area contributed by atoms with E-state index in [-0.39, 0.29) is 17.0 Å². The molecule has 0 fully saturated rings. The monoisotopic (exact) mass is 589 g/mol. The largest absolute Gasteiger partial charge is 0.493 e. The molecule has 39 heavy (non-hydrogen) atoms. The number of pyridine rings is 2. The van der Waals surface area contributed by atoms with Gasteiger partial charge in [0.15, 0.2) is 23.1 Å². The minimum atomic E-state index is -0.713. The molecule has 1 amide bonds. The number of anilines is 2. The summed E-state index contributed by atoms with van der Waals surface area (Å²) in [4.78, 5) is 34.1. The lowest BCUT2D eigenvalue weighted by molar-refractivity contribution is 0.0997. The van der Waals surface area contributed by atoms with Crippen molar-refractivity contribution in [3.05, 3.63) is 111 Å². The van der Waals surface area contributed by atoms with Crippen molar-refractivity contribution in [2.24, 2.45) is 0 Å². The third kappa shape index (κ3) is 5.19. The highest BCUT2D eigenvalue weighted by molar-refractivity contribution is 9.10. The molecule has 0 aliphatic carbocycles. The molecule has 0 aliphatic rings. The van der Waals surface area contributed by atoms with E-state index in [1.54, 1.807) is 60.8 Å². The predicted octanol–water partition coefficient (Wildman–Crippen LogP) is 6.61. The SMILES string of the molecule is COc1cc2nccc(Oc3ccc(N(C(=O)c4cc(Br)c[nH]c4=O)c4ccccc4)cc3F)c2cc1OC. The van der Waals surface area contributed by atoms with Gasteiger partial charge in [0, 0.05) is 40.1 Å². The molecular formula is C29H21BrFN3O5. The number of carbonyl (C=O) groups excluding carboxylic acids is 1. The van der Waals surface area contributed by atoms with E-state index in [9.17, 15) is 9.59 Å². The van der Waals surface area contributed by atoms with E-state index in [0.717, 1.165) is 0 Å². The lowest BCUT2D eigenvalue weighted by atomic mass is 10.1. The van der Waals surface area contributed by atoms with Crippen LogP contribution in [0, 0.1) is 5.82 Å². The van der Waals surface area contributed by atoms with E-state index in [0.29, 0.717) is 38.3 Å². The number of rotatable bonds is 7. The van der Waals surface area contributed by atoms with Crippen LogP contribution < -0.4 is 24.7 Å². The highest BCUT2D eigenvalue weighted by Gasteiger charge is 2.24. The van der Waals surface area contributed by atoms with Crippen molar-refractivity contribution in [2.45, 2.75) is 0 Å². The number of para-hydroxylation sites is 1. The number of ether oxygens (including phenoxy) is 3. The Morgan fingerprint density at radius 2 is 1.64 bits per heavy atom. The summed E-state index contributed by atoms with van der Waals surface area (Å²) in [6, 6.07) is 19.2. The molecule has 2 aromatic heterocycles. The Bertz CT molecular complexity index is 1740. The number of H-pyrrole nitrogens is 1. The summed E-state index contributed by atoms with van der Waals surface area (Å²) in [7, 11) is 3.04. The van der Waals surface area contributed by atoms with Gasteiger partial charge in [-0.25, -0.2) is 4.39 Å². The number of fused-ring (bicyclic) bond motifs is 1. The van der Waals surface area contributed by atoms with Crippen LogP contribution in [0.25, 0.3) is 10.9 Å². The van der Waals surface area contributed by atoms with Crippen molar-refractivity contribution in [3.8, 4) is 23.0 Å². The number of carbonyl (C=O) groups is 1. The molecule has 0 spiro atoms. The number of amides is 1. The summed E-state index contributed by atoms with van der Waals surface area (Å²) in [5.41, 5.74) is 0.558. The highest BCUT2D eigenvalue weighted by atomic mass is 79.9. The smallest absolute Gasteiger partial charge is 0.268 e. The van der Waals surface area contributed by atoms with Crippen molar-refractivity contribution < 1.29 is 23.4 Å². The maximum absolute atomic E-state index is 15.5. The topological polar surface area (TPSA) is 93.8 Å². The molecule has 1 N–H and O–H groups in total. The van der Waals surface area contributed by atoms with Crippen molar-refractivity contribution in [1.82, 2.24) is 9.97 Å². The van der Waals surface area contributed by atoms with Gasteiger partial charge in [-0.1, -0.05) is 18.2 Å². The molecule has 196 valence electrons. The number of halogens is 2. The molecular weight excluding hydrogens is 569 g/mol. The molecule has 0 aliphatic heterocycles. The van der Waals surface area contributed by atoms with Gasteiger partial charge in [0.05, 0.1) is 25.4 Å². The number of nitrogens with zero attached hydrogens (tertiary/aromatic N) is 2. The van der Waals surface area contributed by atoms with Crippen molar-refractivity contribution in [3.63, 3.8) is 0 Å². The maximum Gasteiger partial charge on any atom is 0.268 e. The van der Waals surface area contributed by atoms with Crippen molar-refractivity contribution >= 4 is 44.1 Å². The van der Waals surface area contributed by atoms with Crippen molar-refractivity contribution in [2.75, 3.05) is 19.1 Å². The van der Waals surface area contributed by atoms with Crippen LogP contribution in [0.5, 0.6) is 23.0 Å². The van der Waals surface area contributed by atoms with E-state index >= 15 is 4.39 Å². The van der Waals surface area contributed by atoms with E-state index in [1.807, 2.05) is 0 Å². The van der Waals surface area contributed by atoms with Gasteiger partial charge >= 0.3 is 0 Å². The predicted molar refractivity (Wildman–Crippen MR) is 149 cm³/mol. The van der Waals surface area contributed by atoms with E-state index in [4.69, 9.17) is 14.2 Å². The van der Waals surface area contributed by atoms with E-state index < -0.39 is 17.3 Å². The van der Waals surface area contributed by atoms with E-state index in [2.05, 4.69) is 25.9 Å². The number of nitrogens with one attached hydrogen (secondary N) is 1. The third-order valence-electron chi connectivity index (χ3n) is 5.92. The molecule has 10 heteroatoms. The van der Waals surface area contributed by atoms with Crippen LogP contribution in [0.15, 0.2) is 94.5 Å². The van der Waals surface area contributed by atoms with Crippen LogP contribution in [0.3, 0.4) is 0 Å². The quantitative estimate of drug-likeness (QED) is 0.229. The van der Waals surface area contributed by atoms with Crippen LogP contribution in [0.1, 0.15) is 10.4 Å². The summed E-state index contributed by atoms with van der Waals surface area (Å²) in [5, 5.41) is 0.591. The van der Waals surface area contributed by atoms with Crippen LogP contribution in [-0.4, -0.2) is 30.1 Å². The molecule has 0 bridgehead atoms. The first-order valence-corrected chi connectivity index (χ1v) is 12.4. The first-order chi connectivity index (χ1) is 18.9. The lowest BCUT2D eigenvalue weighted by Gasteiger charge is -2.23. The van der Waals surface area contributed by atoms with Crippen LogP contribution in [0.2, 0.25) is 0 Å². The zero-order chi connectivity index (χ0) is 27.5. The standard InChI is InChI=1S/C29H21BrFN3O5/c1-37-26-14-20-23(15-27(26)38-2)32-11-10-24(20)39-25-9-8-19(13-22(25)31)34(18-6-4-3-5-7-18)29(36)21-12-17(30)16-33-28(21)35/h3-16H,1-2H3,(H,33,35). The van der Waals surface area contributed by atoms with Crippen LogP contribution in [-0.2, 0) is 0 Å². The third-order valence-corrected chi connectivity index (χ3v) is 6.37. The second-order valence-electron chi connectivity index (χ2n) is 8.29. The number of methoxy groups -OCH3 is 2. The van der Waals surface area contributed by atoms with Gasteiger partial charge in [-0.05, 0) is 58.4 Å². The fraction of sp³-hybridized carbons (Fsp3) is 0.0690. The Balaban J connectivity index is 1.54. The Morgan fingerprint density at radius 1 is 0.897 bits per heavy atom. The fourth-order valence-electron chi connectivity index (χ4n) is 4.06. The Morgan fingerprint density at radius 3 is 2.36 bits per heavy atom. The van der Waals surface area contributed by atoms with Gasteiger partial charge in [-0.3, -0.25) is 19.5 Å². The zero-order valence-electron chi connectivity index (χ0n) is 20.8. The minimum Gasteiger partial charge on any atom is -0.493 e. The molecule has 8 nitrogen and oxygen atoms in total. The Kier molecular flexibility index (Phi) is 7.29. The van der Waals surface area contributed by atoms with Gasteiger partial charge in [0.1, 0.15) is 11.3 Å². The second-order valence-corrected chi connectivity index (χ2v) is 9.20. The molecule has 0 unspecified atom stereocenters. The molecule has 0 saturated carbocycles. The summed E-state index contributed by atoms with van der Waals surface area (Å²) in [6.07, 6.45) is 2.98. The first-order valence-electron chi connectivity index (χ1n) is 11.7. The highest BCUT2D eigenvalue weighted by Crippen LogP contribution is 2.38. The first kappa shape index (κ1) is 25.9. The Hall–Kier alpha value is -4.70. The average Bonchev–Trinajstić information content (AvgIpc) is 2.95. The van der Waals surface area contributed by atoms with Crippen LogP contribution in [0.4, 0.5) is 15.8 Å². The van der Waals surface area contributed by atoms with Gasteiger partial charge in [-0.2, -0.15) is 0 Å². The van der Waals surface area contributed by atoms with Gasteiger partial charge < -0.3 is 19.2 Å². The summed E-state index contributed by atoms with van der Waals surface area (Å²) in [6.45, 7) is 0. The fourth-order valence-corrected chi connectivity index (χ4v) is 4.41. The minimum absolute atomic E-state index is 0.0678. The maximum atomic E-state index is 15.5. The Labute approximate surface area is 230 Å². The average molecular weight is 590 g/mol. The normalized spacial score (nSPS) is 10.8. The molecule has 0 saturated heterocycles. The number of hydrogen-bond acceptors (Lipinski definition) is 6. The summed E-state index contributed by atoms with van der Waals surface area (Å²) < 4.78 is 32.7. The number of aromatic amines is 1. The molecule has 5 rings (SSSR count). The molecule has 0 atom stereocenters. The van der Waals surface area contributed by atoms with Crippen LogP contribution >= 0.6 is 15.9 Å². The van der Waals surface area contributed by atoms with Gasteiger partial charge in [0.25, 0.3) is 11.5 Å².